The lowest BCUT2D eigenvalue weighted by atomic mass is 10.3. The minimum atomic E-state index is -4.25. The fraction of sp³-hybridized carbons (Fsp3) is 0.111. The van der Waals surface area contributed by atoms with E-state index in [2.05, 4.69) is 0 Å². The molecule has 0 saturated heterocycles. The van der Waals surface area contributed by atoms with Crippen molar-refractivity contribution in [2.75, 3.05) is 0 Å². The van der Waals surface area contributed by atoms with Crippen LogP contribution < -0.4 is 0 Å². The molecule has 0 N–H and O–H groups in total. The van der Waals surface area contributed by atoms with E-state index in [4.69, 9.17) is 0 Å². The van der Waals surface area contributed by atoms with E-state index < -0.39 is 5.51 Å². The first kappa shape index (κ1) is 9.45. The van der Waals surface area contributed by atoms with Gasteiger partial charge in [0.15, 0.2) is 0 Å². The number of benzene rings is 1. The van der Waals surface area contributed by atoms with Crippen LogP contribution in [-0.2, 0) is 0 Å². The average Bonchev–Trinajstić information content (AvgIpc) is 2.47. The van der Waals surface area contributed by atoms with Crippen LogP contribution in [0.15, 0.2) is 36.5 Å². The molecule has 0 aliphatic rings. The number of hydrogen-bond acceptors (Lipinski definition) is 1. The molecule has 0 fully saturated rings. The van der Waals surface area contributed by atoms with Crippen molar-refractivity contribution in [1.82, 2.24) is 3.97 Å². The number of nitrogens with zero attached hydrogens (tertiary/aromatic N) is 1. The summed E-state index contributed by atoms with van der Waals surface area (Å²) in [6.07, 6.45) is 1.42. The predicted molar refractivity (Wildman–Crippen MR) is 51.0 cm³/mol. The average molecular weight is 217 g/mol. The Morgan fingerprint density at radius 1 is 1.07 bits per heavy atom. The molecular weight excluding hydrogens is 211 g/mol. The lowest BCUT2D eigenvalue weighted by molar-refractivity contribution is -0.0334. The molecule has 1 aromatic heterocycles. The van der Waals surface area contributed by atoms with Gasteiger partial charge in [-0.2, -0.15) is 13.2 Å². The molecule has 0 spiro atoms. The Labute approximate surface area is 82.7 Å². The standard InChI is InChI=1S/C9H6F3NS/c10-9(11,12)14-13-6-5-7-3-1-2-4-8(7)13/h1-6H. The number of halogens is 3. The Kier molecular flexibility index (Phi) is 2.19. The summed E-state index contributed by atoms with van der Waals surface area (Å²) in [5.74, 6) is 0. The van der Waals surface area contributed by atoms with E-state index in [0.29, 0.717) is 5.52 Å². The van der Waals surface area contributed by atoms with Crippen LogP contribution in [0.1, 0.15) is 0 Å². The van der Waals surface area contributed by atoms with Gasteiger partial charge >= 0.3 is 5.51 Å². The first-order valence-corrected chi connectivity index (χ1v) is 4.66. The summed E-state index contributed by atoms with van der Waals surface area (Å²) in [5, 5.41) is 0.809. The number of hydrogen-bond donors (Lipinski definition) is 0. The normalized spacial score (nSPS) is 12.2. The van der Waals surface area contributed by atoms with Gasteiger partial charge in [-0.15, -0.1) is 0 Å². The molecule has 0 saturated carbocycles. The third kappa shape index (κ3) is 1.87. The highest BCUT2D eigenvalue weighted by Crippen LogP contribution is 2.34. The minimum absolute atomic E-state index is 0.146. The third-order valence-corrected chi connectivity index (χ3v) is 2.49. The van der Waals surface area contributed by atoms with Crippen molar-refractivity contribution in [3.8, 4) is 0 Å². The fourth-order valence-corrected chi connectivity index (χ4v) is 1.86. The summed E-state index contributed by atoms with van der Waals surface area (Å²) in [7, 11) is 0. The molecule has 0 atom stereocenters. The number of alkyl halides is 3. The highest BCUT2D eigenvalue weighted by Gasteiger charge is 2.30. The van der Waals surface area contributed by atoms with Crippen LogP contribution in [0.2, 0.25) is 0 Å². The molecule has 0 aliphatic carbocycles. The smallest absolute Gasteiger partial charge is 0.284 e. The van der Waals surface area contributed by atoms with Crippen LogP contribution in [0, 0.1) is 0 Å². The first-order valence-electron chi connectivity index (χ1n) is 3.88. The molecule has 0 bridgehead atoms. The molecule has 5 heteroatoms. The molecule has 0 aliphatic heterocycles. The second-order valence-corrected chi connectivity index (χ2v) is 3.78. The molecule has 0 amide bonds. The second kappa shape index (κ2) is 3.24. The van der Waals surface area contributed by atoms with Gasteiger partial charge in [0.25, 0.3) is 0 Å². The molecule has 2 aromatic rings. The van der Waals surface area contributed by atoms with E-state index in [0.717, 1.165) is 9.36 Å². The van der Waals surface area contributed by atoms with Crippen molar-refractivity contribution in [1.29, 1.82) is 0 Å². The van der Waals surface area contributed by atoms with E-state index in [9.17, 15) is 13.2 Å². The van der Waals surface area contributed by atoms with Crippen molar-refractivity contribution >= 4 is 22.9 Å². The lowest BCUT2D eigenvalue weighted by Gasteiger charge is -2.06. The Hall–Kier alpha value is -1.10. The Bertz CT molecular complexity index is 446. The summed E-state index contributed by atoms with van der Waals surface area (Å²) < 4.78 is 37.4. The largest absolute Gasteiger partial charge is 0.462 e. The van der Waals surface area contributed by atoms with Gasteiger partial charge in [0.1, 0.15) is 0 Å². The molecule has 2 rings (SSSR count). The first-order chi connectivity index (χ1) is 6.56. The van der Waals surface area contributed by atoms with Crippen LogP contribution in [0.3, 0.4) is 0 Å². The number of aromatic nitrogens is 1. The van der Waals surface area contributed by atoms with Crippen molar-refractivity contribution in [3.05, 3.63) is 36.5 Å². The van der Waals surface area contributed by atoms with E-state index in [1.165, 1.54) is 6.20 Å². The molecule has 74 valence electrons. The number of rotatable bonds is 1. The van der Waals surface area contributed by atoms with Gasteiger partial charge in [0, 0.05) is 11.6 Å². The molecule has 1 nitrogen and oxygen atoms in total. The Morgan fingerprint density at radius 2 is 1.79 bits per heavy atom. The topological polar surface area (TPSA) is 4.93 Å². The van der Waals surface area contributed by atoms with Crippen molar-refractivity contribution in [2.24, 2.45) is 0 Å². The summed E-state index contributed by atoms with van der Waals surface area (Å²) in [5.41, 5.74) is -3.67. The fourth-order valence-electron chi connectivity index (χ4n) is 1.25. The van der Waals surface area contributed by atoms with Gasteiger partial charge in [-0.3, -0.25) is 3.97 Å². The lowest BCUT2D eigenvalue weighted by Crippen LogP contribution is -2.03. The maximum atomic E-state index is 12.1. The zero-order valence-electron chi connectivity index (χ0n) is 6.95. The molecule has 1 aromatic carbocycles. The second-order valence-electron chi connectivity index (χ2n) is 2.74. The molecule has 0 radical (unpaired) electrons. The van der Waals surface area contributed by atoms with Gasteiger partial charge in [-0.05, 0) is 12.1 Å². The van der Waals surface area contributed by atoms with Crippen LogP contribution in [0.25, 0.3) is 10.9 Å². The van der Waals surface area contributed by atoms with Crippen molar-refractivity contribution in [3.63, 3.8) is 0 Å². The maximum absolute atomic E-state index is 12.1. The Morgan fingerprint density at radius 3 is 2.50 bits per heavy atom. The molecule has 0 unspecified atom stereocenters. The van der Waals surface area contributed by atoms with E-state index in [-0.39, 0.29) is 11.9 Å². The predicted octanol–water partition coefficient (Wildman–Crippen LogP) is 3.66. The molecule has 14 heavy (non-hydrogen) atoms. The zero-order chi connectivity index (χ0) is 10.2. The molecular formula is C9H6F3NS. The maximum Gasteiger partial charge on any atom is 0.462 e. The van der Waals surface area contributed by atoms with Gasteiger partial charge in [0.05, 0.1) is 17.5 Å². The van der Waals surface area contributed by atoms with Crippen LogP contribution in [0.5, 0.6) is 0 Å². The third-order valence-electron chi connectivity index (χ3n) is 1.77. The van der Waals surface area contributed by atoms with Gasteiger partial charge in [-0.1, -0.05) is 18.2 Å². The summed E-state index contributed by atoms with van der Waals surface area (Å²) >= 11 is -0.146. The highest BCUT2D eigenvalue weighted by molar-refractivity contribution is 7.98. The van der Waals surface area contributed by atoms with Crippen molar-refractivity contribution < 1.29 is 13.2 Å². The summed E-state index contributed by atoms with van der Waals surface area (Å²) in [6.45, 7) is 0. The van der Waals surface area contributed by atoms with Crippen LogP contribution >= 0.6 is 11.9 Å². The zero-order valence-corrected chi connectivity index (χ0v) is 7.77. The van der Waals surface area contributed by atoms with Gasteiger partial charge in [0.2, 0.25) is 0 Å². The number of fused-ring (bicyclic) bond motifs is 1. The summed E-state index contributed by atoms with van der Waals surface area (Å²) in [4.78, 5) is 0. The van der Waals surface area contributed by atoms with Crippen LogP contribution in [-0.4, -0.2) is 9.48 Å². The number of para-hydroxylation sites is 1. The SMILES string of the molecule is FC(F)(F)Sn1ccc2ccccc21. The van der Waals surface area contributed by atoms with Crippen molar-refractivity contribution in [2.45, 2.75) is 5.51 Å². The highest BCUT2D eigenvalue weighted by atomic mass is 32.2. The van der Waals surface area contributed by atoms with Crippen LogP contribution in [0.4, 0.5) is 13.2 Å². The minimum Gasteiger partial charge on any atom is -0.284 e. The Balaban J connectivity index is 2.44. The van der Waals surface area contributed by atoms with E-state index >= 15 is 0 Å². The monoisotopic (exact) mass is 217 g/mol. The van der Waals surface area contributed by atoms with Gasteiger partial charge in [-0.25, -0.2) is 0 Å². The summed E-state index contributed by atoms with van der Waals surface area (Å²) in [6, 6.07) is 8.62. The quantitative estimate of drug-likeness (QED) is 0.705. The van der Waals surface area contributed by atoms with E-state index in [1.807, 2.05) is 0 Å². The molecule has 1 heterocycles. The van der Waals surface area contributed by atoms with E-state index in [1.54, 1.807) is 30.3 Å². The van der Waals surface area contributed by atoms with Gasteiger partial charge < -0.3 is 0 Å².